The zero-order valence-corrected chi connectivity index (χ0v) is 16.0. The summed E-state index contributed by atoms with van der Waals surface area (Å²) in [5.74, 6) is 1.14. The number of esters is 1. The van der Waals surface area contributed by atoms with Crippen LogP contribution in [0.5, 0.6) is 11.5 Å². The Bertz CT molecular complexity index is 893. The van der Waals surface area contributed by atoms with Crippen LogP contribution in [0.3, 0.4) is 0 Å². The van der Waals surface area contributed by atoms with Gasteiger partial charge >= 0.3 is 5.97 Å². The SMILES string of the molecule is O=C(Nc1ccc(Oc2ccc(Br)cc2)cc1)[C@H]1[C@H]2C[C@@H]3[C@@H]1C(=O)O[C@@H]3C2. The van der Waals surface area contributed by atoms with Gasteiger partial charge in [0.15, 0.2) is 0 Å². The Labute approximate surface area is 165 Å². The Balaban J connectivity index is 1.25. The number of halogens is 1. The second-order valence-electron chi connectivity index (χ2n) is 7.49. The van der Waals surface area contributed by atoms with Crippen LogP contribution in [0.2, 0.25) is 0 Å². The van der Waals surface area contributed by atoms with Gasteiger partial charge in [-0.15, -0.1) is 0 Å². The molecule has 0 spiro atoms. The minimum absolute atomic E-state index is 0.0478. The first kappa shape index (κ1) is 16.8. The molecule has 1 N–H and O–H groups in total. The molecule has 2 saturated carbocycles. The molecule has 3 fully saturated rings. The summed E-state index contributed by atoms with van der Waals surface area (Å²) in [6.45, 7) is 0. The number of nitrogens with one attached hydrogen (secondary N) is 1. The van der Waals surface area contributed by atoms with Crippen LogP contribution in [-0.2, 0) is 14.3 Å². The molecule has 1 heterocycles. The largest absolute Gasteiger partial charge is 0.462 e. The predicted octanol–water partition coefficient (Wildman–Crippen LogP) is 4.38. The molecule has 2 aromatic carbocycles. The summed E-state index contributed by atoms with van der Waals surface area (Å²) in [6.07, 6.45) is 1.80. The van der Waals surface area contributed by atoms with Gasteiger partial charge in [-0.25, -0.2) is 0 Å². The van der Waals surface area contributed by atoms with Crippen molar-refractivity contribution >= 4 is 33.5 Å². The average molecular weight is 428 g/mol. The molecule has 2 aliphatic carbocycles. The van der Waals surface area contributed by atoms with E-state index in [9.17, 15) is 9.59 Å². The minimum Gasteiger partial charge on any atom is -0.462 e. The Morgan fingerprint density at radius 1 is 1.04 bits per heavy atom. The second kappa shape index (κ2) is 6.37. The highest BCUT2D eigenvalue weighted by Crippen LogP contribution is 2.57. The van der Waals surface area contributed by atoms with Crippen molar-refractivity contribution in [1.29, 1.82) is 0 Å². The number of carbonyl (C=O) groups excluding carboxylic acids is 2. The third-order valence-corrected chi connectivity index (χ3v) is 6.49. The molecule has 5 nitrogen and oxygen atoms in total. The maximum atomic E-state index is 12.8. The van der Waals surface area contributed by atoms with Crippen LogP contribution in [0, 0.1) is 23.7 Å². The Morgan fingerprint density at radius 3 is 2.41 bits per heavy atom. The number of hydrogen-bond donors (Lipinski definition) is 1. The van der Waals surface area contributed by atoms with Gasteiger partial charge in [0.2, 0.25) is 5.91 Å². The number of carbonyl (C=O) groups is 2. The van der Waals surface area contributed by atoms with Crippen molar-refractivity contribution in [2.45, 2.75) is 18.9 Å². The first-order valence-corrected chi connectivity index (χ1v) is 9.92. The normalized spacial score (nSPS) is 30.3. The van der Waals surface area contributed by atoms with E-state index in [4.69, 9.17) is 9.47 Å². The third-order valence-electron chi connectivity index (χ3n) is 5.96. The van der Waals surface area contributed by atoms with Gasteiger partial charge in [-0.1, -0.05) is 15.9 Å². The quantitative estimate of drug-likeness (QED) is 0.735. The summed E-state index contributed by atoms with van der Waals surface area (Å²) in [6, 6.07) is 14.8. The lowest BCUT2D eigenvalue weighted by Gasteiger charge is -2.23. The van der Waals surface area contributed by atoms with E-state index < -0.39 is 0 Å². The van der Waals surface area contributed by atoms with E-state index in [2.05, 4.69) is 21.2 Å². The number of benzene rings is 2. The van der Waals surface area contributed by atoms with Gasteiger partial charge < -0.3 is 14.8 Å². The molecule has 2 aromatic rings. The maximum absolute atomic E-state index is 12.8. The van der Waals surface area contributed by atoms with Gasteiger partial charge in [-0.05, 0) is 67.3 Å². The van der Waals surface area contributed by atoms with Crippen molar-refractivity contribution < 1.29 is 19.1 Å². The number of hydrogen-bond acceptors (Lipinski definition) is 4. The molecule has 1 saturated heterocycles. The van der Waals surface area contributed by atoms with Gasteiger partial charge in [0.25, 0.3) is 0 Å². The summed E-state index contributed by atoms with van der Waals surface area (Å²) in [7, 11) is 0. The molecule has 138 valence electrons. The van der Waals surface area contributed by atoms with Gasteiger partial charge in [0.05, 0.1) is 11.8 Å². The predicted molar refractivity (Wildman–Crippen MR) is 102 cm³/mol. The fourth-order valence-electron chi connectivity index (χ4n) is 4.83. The molecule has 1 aliphatic heterocycles. The molecule has 1 amide bonds. The van der Waals surface area contributed by atoms with Crippen LogP contribution in [0.4, 0.5) is 5.69 Å². The molecule has 2 bridgehead atoms. The molecular weight excluding hydrogens is 410 g/mol. The van der Waals surface area contributed by atoms with Crippen molar-refractivity contribution in [2.24, 2.45) is 23.7 Å². The monoisotopic (exact) mass is 427 g/mol. The Hall–Kier alpha value is -2.34. The van der Waals surface area contributed by atoms with Crippen molar-refractivity contribution in [2.75, 3.05) is 5.32 Å². The van der Waals surface area contributed by atoms with Crippen LogP contribution < -0.4 is 10.1 Å². The van der Waals surface area contributed by atoms with Crippen LogP contribution in [-0.4, -0.2) is 18.0 Å². The fourth-order valence-corrected chi connectivity index (χ4v) is 5.10. The number of fused-ring (bicyclic) bond motifs is 1. The Kier molecular flexibility index (Phi) is 3.97. The Morgan fingerprint density at radius 2 is 1.70 bits per heavy atom. The molecule has 27 heavy (non-hydrogen) atoms. The number of amides is 1. The summed E-state index contributed by atoms with van der Waals surface area (Å²) in [4.78, 5) is 24.9. The van der Waals surface area contributed by atoms with Crippen LogP contribution in [0.1, 0.15) is 12.8 Å². The number of rotatable bonds is 4. The van der Waals surface area contributed by atoms with Crippen molar-refractivity contribution in [3.8, 4) is 11.5 Å². The second-order valence-corrected chi connectivity index (χ2v) is 8.41. The lowest BCUT2D eigenvalue weighted by molar-refractivity contribution is -0.145. The number of ether oxygens (including phenoxy) is 2. The molecule has 3 aliphatic rings. The first-order chi connectivity index (χ1) is 13.1. The maximum Gasteiger partial charge on any atom is 0.310 e. The smallest absolute Gasteiger partial charge is 0.310 e. The van der Waals surface area contributed by atoms with Crippen molar-refractivity contribution in [3.63, 3.8) is 0 Å². The van der Waals surface area contributed by atoms with Crippen molar-refractivity contribution in [3.05, 3.63) is 53.0 Å². The van der Waals surface area contributed by atoms with Gasteiger partial charge in [-0.2, -0.15) is 0 Å². The summed E-state index contributed by atoms with van der Waals surface area (Å²) in [5, 5.41) is 2.96. The molecule has 5 atom stereocenters. The topological polar surface area (TPSA) is 64.6 Å². The molecule has 0 radical (unpaired) electrons. The standard InChI is InChI=1S/C21H18BrNO4/c22-12-1-5-14(6-2-12)26-15-7-3-13(4-8-15)23-20(24)18-11-9-16-17(10-11)27-21(25)19(16)18/h1-8,11,16-19H,9-10H2,(H,23,24)/t11-,16-,17+,18-,19-/m0/s1. The van der Waals surface area contributed by atoms with E-state index in [1.54, 1.807) is 0 Å². The minimum atomic E-state index is -0.264. The summed E-state index contributed by atoms with van der Waals surface area (Å²) >= 11 is 3.39. The number of anilines is 1. The van der Waals surface area contributed by atoms with E-state index in [0.717, 1.165) is 23.1 Å². The highest BCUT2D eigenvalue weighted by Gasteiger charge is 2.63. The molecular formula is C21H18BrNO4. The fraction of sp³-hybridized carbons (Fsp3) is 0.333. The molecule has 5 rings (SSSR count). The summed E-state index contributed by atoms with van der Waals surface area (Å²) < 4.78 is 12.2. The molecule has 0 aromatic heterocycles. The van der Waals surface area contributed by atoms with Gasteiger partial charge in [0.1, 0.15) is 17.6 Å². The molecule has 6 heteroatoms. The van der Waals surface area contributed by atoms with E-state index in [-0.39, 0.29) is 41.7 Å². The zero-order valence-electron chi connectivity index (χ0n) is 14.4. The lowest BCUT2D eigenvalue weighted by Crippen LogP contribution is -2.35. The molecule has 0 unspecified atom stereocenters. The van der Waals surface area contributed by atoms with E-state index in [1.165, 1.54) is 0 Å². The van der Waals surface area contributed by atoms with Gasteiger partial charge in [0, 0.05) is 16.1 Å². The highest BCUT2D eigenvalue weighted by atomic mass is 79.9. The van der Waals surface area contributed by atoms with Gasteiger partial charge in [-0.3, -0.25) is 9.59 Å². The zero-order chi connectivity index (χ0) is 18.5. The highest BCUT2D eigenvalue weighted by molar-refractivity contribution is 9.10. The van der Waals surface area contributed by atoms with E-state index >= 15 is 0 Å². The third kappa shape index (κ3) is 2.92. The summed E-state index contributed by atoms with van der Waals surface area (Å²) in [5.41, 5.74) is 0.703. The first-order valence-electron chi connectivity index (χ1n) is 9.13. The van der Waals surface area contributed by atoms with E-state index in [1.807, 2.05) is 48.5 Å². The lowest BCUT2D eigenvalue weighted by atomic mass is 9.79. The van der Waals surface area contributed by atoms with Crippen LogP contribution in [0.25, 0.3) is 0 Å². The average Bonchev–Trinajstić information content (AvgIpc) is 3.27. The van der Waals surface area contributed by atoms with Crippen LogP contribution in [0.15, 0.2) is 53.0 Å². The van der Waals surface area contributed by atoms with Crippen molar-refractivity contribution in [1.82, 2.24) is 0 Å². The van der Waals surface area contributed by atoms with E-state index in [0.29, 0.717) is 11.4 Å². The van der Waals surface area contributed by atoms with Crippen LogP contribution >= 0.6 is 15.9 Å².